The van der Waals surface area contributed by atoms with Gasteiger partial charge in [-0.3, -0.25) is 0 Å². The van der Waals surface area contributed by atoms with Crippen molar-refractivity contribution < 1.29 is 21.7 Å². The molecule has 0 aliphatic carbocycles. The van der Waals surface area contributed by atoms with Gasteiger partial charge in [0.05, 0.1) is 0 Å². The fourth-order valence-electron chi connectivity index (χ4n) is 0. The summed E-state index contributed by atoms with van der Waals surface area (Å²) in [7, 11) is 3.50. The summed E-state index contributed by atoms with van der Waals surface area (Å²) in [6, 6.07) is 0. The Bertz CT molecular complexity index is 19.7. The maximum Gasteiger partial charge on any atom is 2.00 e. The van der Waals surface area contributed by atoms with E-state index in [1.54, 1.807) is 14.1 Å². The summed E-state index contributed by atoms with van der Waals surface area (Å²) in [5.74, 6) is 1.42. The van der Waals surface area contributed by atoms with Crippen molar-refractivity contribution in [2.24, 2.45) is 0 Å². The van der Waals surface area contributed by atoms with Gasteiger partial charge in [0, 0.05) is 0 Å². The third-order valence-corrected chi connectivity index (χ3v) is 0. The van der Waals surface area contributed by atoms with Gasteiger partial charge in [-0.15, -0.1) is 0 Å². The molecule has 0 saturated heterocycles. The molecule has 0 rings (SSSR count). The van der Waals surface area contributed by atoms with Gasteiger partial charge in [-0.2, -0.15) is 34.9 Å². The first-order chi connectivity index (χ1) is 3.15. The Hall–Kier alpha value is 0.674. The first-order valence-electron chi connectivity index (χ1n) is 2.39. The molecule has 0 aromatic rings. The fraction of sp³-hybridized carbons (Fsp3) is 0.833. The molecule has 0 atom stereocenters. The third-order valence-electron chi connectivity index (χ3n) is 0. The largest absolute Gasteiger partial charge is 2.00 e. The second kappa shape index (κ2) is 15.6. The molecule has 0 heterocycles. The van der Waals surface area contributed by atoms with Crippen LogP contribution in [0.5, 0.6) is 0 Å². The van der Waals surface area contributed by atoms with Crippen LogP contribution in [0.2, 0.25) is 0 Å². The van der Waals surface area contributed by atoms with Crippen LogP contribution in [0.25, 0.3) is 5.32 Å². The Morgan fingerprint density at radius 1 is 1.00 bits per heavy atom. The number of nitrogens with zero attached hydrogens (tertiary/aromatic N) is 1. The molecule has 0 amide bonds. The second-order valence-corrected chi connectivity index (χ2v) is 1.95. The topological polar surface area (TPSA) is 14.1 Å². The number of hydrogen-bond acceptors (Lipinski definition) is 0. The monoisotopic (exact) mass is 149 g/mol. The standard InChI is InChI=1S/C4H9.C2H6N.Ti/c1-4(2)3;1-3-2;/h1-3H3;1-2H3;/q2*-1;+2. The van der Waals surface area contributed by atoms with E-state index < -0.39 is 0 Å². The van der Waals surface area contributed by atoms with Gasteiger partial charge in [0.1, 0.15) is 0 Å². The molecule has 2 heteroatoms. The van der Waals surface area contributed by atoms with E-state index in [4.69, 9.17) is 0 Å². The average Bonchev–Trinajstić information content (AvgIpc) is 1.33. The van der Waals surface area contributed by atoms with Crippen LogP contribution in [0, 0.1) is 5.92 Å². The van der Waals surface area contributed by atoms with Crippen molar-refractivity contribution in [1.82, 2.24) is 0 Å². The maximum atomic E-state index is 3.50. The van der Waals surface area contributed by atoms with E-state index in [2.05, 4.69) is 26.1 Å². The fourth-order valence-corrected chi connectivity index (χ4v) is 0. The van der Waals surface area contributed by atoms with Crippen LogP contribution in [-0.2, 0) is 21.7 Å². The summed E-state index contributed by atoms with van der Waals surface area (Å²) >= 11 is 0. The van der Waals surface area contributed by atoms with E-state index in [-0.39, 0.29) is 21.7 Å². The summed E-state index contributed by atoms with van der Waals surface area (Å²) in [5, 5.41) is 3.50. The Morgan fingerprint density at radius 3 is 1.00 bits per heavy atom. The van der Waals surface area contributed by atoms with E-state index in [0.717, 1.165) is 0 Å². The maximum absolute atomic E-state index is 3.50. The molecule has 0 aromatic heterocycles. The van der Waals surface area contributed by atoms with E-state index in [9.17, 15) is 0 Å². The molecule has 0 aliphatic heterocycles. The first kappa shape index (κ1) is 15.9. The minimum absolute atomic E-state index is 0. The normalized spacial score (nSPS) is 6.75. The molecule has 0 fully saturated rings. The van der Waals surface area contributed by atoms with Crippen LogP contribution < -0.4 is 0 Å². The van der Waals surface area contributed by atoms with Crippen molar-refractivity contribution in [3.8, 4) is 0 Å². The molecular weight excluding hydrogens is 134 g/mol. The summed E-state index contributed by atoms with van der Waals surface area (Å²) < 4.78 is 0. The van der Waals surface area contributed by atoms with Crippen LogP contribution in [0.15, 0.2) is 0 Å². The molecule has 0 bridgehead atoms. The van der Waals surface area contributed by atoms with Gasteiger partial charge < -0.3 is 11.2 Å². The molecule has 1 nitrogen and oxygen atoms in total. The van der Waals surface area contributed by atoms with E-state index in [1.165, 1.54) is 5.92 Å². The van der Waals surface area contributed by atoms with Gasteiger partial charge in [0.2, 0.25) is 0 Å². The Balaban J connectivity index is -0.0000000575. The van der Waals surface area contributed by atoms with Gasteiger partial charge >= 0.3 is 21.7 Å². The van der Waals surface area contributed by atoms with E-state index in [1.807, 2.05) is 0 Å². The predicted molar refractivity (Wildman–Crippen MR) is 35.5 cm³/mol. The zero-order chi connectivity index (χ0) is 6.28. The molecule has 8 heavy (non-hydrogen) atoms. The van der Waals surface area contributed by atoms with Gasteiger partial charge in [0.25, 0.3) is 0 Å². The number of rotatable bonds is 0. The predicted octanol–water partition coefficient (Wildman–Crippen LogP) is 2.24. The summed E-state index contributed by atoms with van der Waals surface area (Å²) in [4.78, 5) is 0. The van der Waals surface area contributed by atoms with Gasteiger partial charge in [0.15, 0.2) is 0 Å². The van der Waals surface area contributed by atoms with Gasteiger partial charge in [-0.05, 0) is 0 Å². The van der Waals surface area contributed by atoms with Crippen molar-refractivity contribution in [3.05, 3.63) is 11.2 Å². The van der Waals surface area contributed by atoms with Crippen LogP contribution in [-0.4, -0.2) is 14.1 Å². The average molecular weight is 149 g/mol. The number of hydrogen-bond donors (Lipinski definition) is 0. The van der Waals surface area contributed by atoms with Crippen LogP contribution >= 0.6 is 0 Å². The first-order valence-corrected chi connectivity index (χ1v) is 2.39. The smallest absolute Gasteiger partial charge is 0.668 e. The summed E-state index contributed by atoms with van der Waals surface area (Å²) in [5.41, 5.74) is 0. The molecule has 48 valence electrons. The molecular formula is C6H15NTi. The second-order valence-electron chi connectivity index (χ2n) is 1.95. The van der Waals surface area contributed by atoms with Crippen molar-refractivity contribution in [2.75, 3.05) is 14.1 Å². The quantitative estimate of drug-likeness (QED) is 0.370. The third kappa shape index (κ3) is 473. The minimum atomic E-state index is 0. The van der Waals surface area contributed by atoms with Crippen LogP contribution in [0.4, 0.5) is 0 Å². The molecule has 0 radical (unpaired) electrons. The SMILES string of the molecule is C[C-](C)C.C[N-]C.[Ti+2]. The Kier molecular flexibility index (Phi) is 31.0. The van der Waals surface area contributed by atoms with Crippen molar-refractivity contribution in [1.29, 1.82) is 0 Å². The molecule has 0 unspecified atom stereocenters. The van der Waals surface area contributed by atoms with E-state index >= 15 is 0 Å². The molecule has 0 N–H and O–H groups in total. The zero-order valence-corrected chi connectivity index (χ0v) is 8.01. The Labute approximate surface area is 68.1 Å². The molecule has 0 aliphatic rings. The van der Waals surface area contributed by atoms with Crippen molar-refractivity contribution >= 4 is 0 Å². The van der Waals surface area contributed by atoms with Crippen LogP contribution in [0.1, 0.15) is 20.8 Å². The molecule has 0 saturated carbocycles. The minimum Gasteiger partial charge on any atom is -0.668 e. The summed E-state index contributed by atoms with van der Waals surface area (Å²) in [6.45, 7) is 6.25. The van der Waals surface area contributed by atoms with Crippen molar-refractivity contribution in [3.63, 3.8) is 0 Å². The van der Waals surface area contributed by atoms with Gasteiger partial charge in [-0.1, -0.05) is 0 Å². The zero-order valence-electron chi connectivity index (χ0n) is 6.45. The molecule has 0 spiro atoms. The summed E-state index contributed by atoms with van der Waals surface area (Å²) in [6.07, 6.45) is 0. The van der Waals surface area contributed by atoms with Gasteiger partial charge in [-0.25, -0.2) is 0 Å². The Morgan fingerprint density at radius 2 is 1.00 bits per heavy atom. The van der Waals surface area contributed by atoms with Crippen LogP contribution in [0.3, 0.4) is 0 Å². The van der Waals surface area contributed by atoms with Crippen molar-refractivity contribution in [2.45, 2.75) is 20.8 Å². The van der Waals surface area contributed by atoms with E-state index in [0.29, 0.717) is 0 Å². The molecule has 0 aromatic carbocycles.